The highest BCUT2D eigenvalue weighted by Crippen LogP contribution is 2.29. The number of hydrogen-bond acceptors (Lipinski definition) is 4. The Morgan fingerprint density at radius 3 is 2.17 bits per heavy atom. The van der Waals surface area contributed by atoms with E-state index in [4.69, 9.17) is 0 Å². The van der Waals surface area contributed by atoms with Gasteiger partial charge in [0.05, 0.1) is 11.4 Å². The van der Waals surface area contributed by atoms with Crippen LogP contribution in [0, 0.1) is 13.8 Å². The average molecular weight is 336 g/mol. The van der Waals surface area contributed by atoms with Crippen molar-refractivity contribution in [3.8, 4) is 0 Å². The van der Waals surface area contributed by atoms with Crippen molar-refractivity contribution in [1.82, 2.24) is 19.5 Å². The molecule has 2 aromatic rings. The van der Waals surface area contributed by atoms with Crippen LogP contribution in [0.5, 0.6) is 0 Å². The lowest BCUT2D eigenvalue weighted by Gasteiger charge is -2.22. The number of nitrogens with zero attached hydrogens (tertiary/aromatic N) is 3. The van der Waals surface area contributed by atoms with Crippen LogP contribution >= 0.6 is 0 Å². The van der Waals surface area contributed by atoms with Crippen molar-refractivity contribution in [3.63, 3.8) is 0 Å². The standard InChI is InChI=1S/C16H24N4O2S/c1-11-7-13(16(3,4)5)8-12(2)15(11)23(21,22)18-9-14-19-17-10-20(14)6/h7-8,10,18H,9H2,1-6H3. The summed E-state index contributed by atoms with van der Waals surface area (Å²) in [5.41, 5.74) is 2.60. The zero-order valence-corrected chi connectivity index (χ0v) is 15.3. The molecule has 0 unspecified atom stereocenters. The first-order valence-corrected chi connectivity index (χ1v) is 8.95. The lowest BCUT2D eigenvalue weighted by Crippen LogP contribution is -2.26. The van der Waals surface area contributed by atoms with E-state index in [1.807, 2.05) is 26.0 Å². The molecular formula is C16H24N4O2S. The molecule has 0 radical (unpaired) electrons. The quantitative estimate of drug-likeness (QED) is 0.928. The van der Waals surface area contributed by atoms with E-state index in [0.717, 1.165) is 16.7 Å². The maximum absolute atomic E-state index is 12.7. The topological polar surface area (TPSA) is 76.9 Å². The summed E-state index contributed by atoms with van der Waals surface area (Å²) in [6, 6.07) is 3.90. The van der Waals surface area contributed by atoms with Crippen LogP contribution in [0.4, 0.5) is 0 Å². The Bertz CT molecular complexity index is 794. The number of benzene rings is 1. The van der Waals surface area contributed by atoms with Gasteiger partial charge in [-0.2, -0.15) is 0 Å². The SMILES string of the molecule is Cc1cc(C(C)(C)C)cc(C)c1S(=O)(=O)NCc1nncn1C. The minimum atomic E-state index is -3.61. The highest BCUT2D eigenvalue weighted by atomic mass is 32.2. The fourth-order valence-corrected chi connectivity index (χ4v) is 3.94. The molecule has 2 rings (SSSR count). The number of aromatic nitrogens is 3. The lowest BCUT2D eigenvalue weighted by molar-refractivity contribution is 0.572. The van der Waals surface area contributed by atoms with Crippen LogP contribution < -0.4 is 4.72 Å². The van der Waals surface area contributed by atoms with Crippen LogP contribution in [0.25, 0.3) is 0 Å². The molecule has 0 atom stereocenters. The third kappa shape index (κ3) is 3.79. The summed E-state index contributed by atoms with van der Waals surface area (Å²) in [4.78, 5) is 0.340. The lowest BCUT2D eigenvalue weighted by atomic mass is 9.85. The van der Waals surface area contributed by atoms with Crippen molar-refractivity contribution in [2.24, 2.45) is 7.05 Å². The molecule has 23 heavy (non-hydrogen) atoms. The normalized spacial score (nSPS) is 12.6. The summed E-state index contributed by atoms with van der Waals surface area (Å²) in [6.45, 7) is 10.1. The molecule has 126 valence electrons. The molecule has 0 aliphatic rings. The highest BCUT2D eigenvalue weighted by Gasteiger charge is 2.23. The fourth-order valence-electron chi connectivity index (χ4n) is 2.51. The molecular weight excluding hydrogens is 312 g/mol. The second-order valence-corrected chi connectivity index (χ2v) is 8.58. The average Bonchev–Trinajstić information content (AvgIpc) is 2.80. The largest absolute Gasteiger partial charge is 0.320 e. The second kappa shape index (κ2) is 6.05. The molecule has 0 fully saturated rings. The van der Waals surface area contributed by atoms with E-state index in [2.05, 4.69) is 35.7 Å². The Balaban J connectivity index is 2.35. The van der Waals surface area contributed by atoms with E-state index >= 15 is 0 Å². The first-order valence-electron chi connectivity index (χ1n) is 7.46. The summed E-state index contributed by atoms with van der Waals surface area (Å²) in [6.07, 6.45) is 1.54. The molecule has 0 aliphatic carbocycles. The molecule has 0 spiro atoms. The van der Waals surface area contributed by atoms with E-state index in [9.17, 15) is 8.42 Å². The minimum absolute atomic E-state index is 0.0239. The monoisotopic (exact) mass is 336 g/mol. The zero-order valence-electron chi connectivity index (χ0n) is 14.5. The van der Waals surface area contributed by atoms with Crippen LogP contribution in [-0.4, -0.2) is 23.2 Å². The van der Waals surface area contributed by atoms with Crippen LogP contribution in [0.3, 0.4) is 0 Å². The van der Waals surface area contributed by atoms with Crippen LogP contribution in [0.1, 0.15) is 43.3 Å². The van der Waals surface area contributed by atoms with E-state index in [0.29, 0.717) is 10.7 Å². The highest BCUT2D eigenvalue weighted by molar-refractivity contribution is 7.89. The summed E-state index contributed by atoms with van der Waals surface area (Å²) in [5, 5.41) is 7.64. The molecule has 0 amide bonds. The van der Waals surface area contributed by atoms with Crippen molar-refractivity contribution < 1.29 is 8.42 Å². The predicted octanol–water partition coefficient (Wildman–Crippen LogP) is 2.21. The smallest absolute Gasteiger partial charge is 0.241 e. The van der Waals surface area contributed by atoms with Crippen LogP contribution in [-0.2, 0) is 29.0 Å². The fraction of sp³-hybridized carbons (Fsp3) is 0.500. The summed E-state index contributed by atoms with van der Waals surface area (Å²) < 4.78 is 29.6. The van der Waals surface area contributed by atoms with Crippen molar-refractivity contribution >= 4 is 10.0 Å². The van der Waals surface area contributed by atoms with Gasteiger partial charge in [-0.25, -0.2) is 13.1 Å². The number of rotatable bonds is 4. The van der Waals surface area contributed by atoms with Gasteiger partial charge in [0.15, 0.2) is 0 Å². The van der Waals surface area contributed by atoms with E-state index in [1.165, 1.54) is 6.33 Å². The summed E-state index contributed by atoms with van der Waals surface area (Å²) in [7, 11) is -1.83. The van der Waals surface area contributed by atoms with Crippen molar-refractivity contribution in [2.45, 2.75) is 51.5 Å². The minimum Gasteiger partial charge on any atom is -0.320 e. The Morgan fingerprint density at radius 1 is 1.17 bits per heavy atom. The van der Waals surface area contributed by atoms with E-state index in [-0.39, 0.29) is 12.0 Å². The molecule has 1 aromatic heterocycles. The Labute approximate surface area is 138 Å². The first-order chi connectivity index (χ1) is 10.5. The van der Waals surface area contributed by atoms with Gasteiger partial charge in [0.25, 0.3) is 0 Å². The third-order valence-corrected chi connectivity index (χ3v) is 5.53. The number of sulfonamides is 1. The number of hydrogen-bond donors (Lipinski definition) is 1. The van der Waals surface area contributed by atoms with Gasteiger partial charge in [-0.05, 0) is 36.0 Å². The van der Waals surface area contributed by atoms with Gasteiger partial charge in [-0.3, -0.25) is 0 Å². The molecule has 0 saturated heterocycles. The van der Waals surface area contributed by atoms with Crippen molar-refractivity contribution in [1.29, 1.82) is 0 Å². The van der Waals surface area contributed by atoms with Crippen LogP contribution in [0.15, 0.2) is 23.4 Å². The van der Waals surface area contributed by atoms with Crippen molar-refractivity contribution in [3.05, 3.63) is 41.0 Å². The molecule has 0 bridgehead atoms. The first kappa shape index (κ1) is 17.6. The van der Waals surface area contributed by atoms with Gasteiger partial charge < -0.3 is 4.57 Å². The van der Waals surface area contributed by atoms with Gasteiger partial charge in [-0.15, -0.1) is 10.2 Å². The van der Waals surface area contributed by atoms with Gasteiger partial charge >= 0.3 is 0 Å². The van der Waals surface area contributed by atoms with Gasteiger partial charge in [-0.1, -0.05) is 32.9 Å². The molecule has 7 heteroatoms. The van der Waals surface area contributed by atoms with E-state index < -0.39 is 10.0 Å². The maximum Gasteiger partial charge on any atom is 0.241 e. The summed E-state index contributed by atoms with van der Waals surface area (Å²) >= 11 is 0. The molecule has 6 nitrogen and oxygen atoms in total. The van der Waals surface area contributed by atoms with Crippen LogP contribution in [0.2, 0.25) is 0 Å². The molecule has 1 N–H and O–H groups in total. The Hall–Kier alpha value is -1.73. The second-order valence-electron chi connectivity index (χ2n) is 6.87. The molecule has 0 aliphatic heterocycles. The Morgan fingerprint density at radius 2 is 1.74 bits per heavy atom. The van der Waals surface area contributed by atoms with Gasteiger partial charge in [0, 0.05) is 7.05 Å². The zero-order chi connectivity index (χ0) is 17.4. The van der Waals surface area contributed by atoms with E-state index in [1.54, 1.807) is 11.6 Å². The molecule has 1 heterocycles. The summed E-state index contributed by atoms with van der Waals surface area (Å²) in [5.74, 6) is 0.565. The van der Waals surface area contributed by atoms with Gasteiger partial charge in [0.1, 0.15) is 12.2 Å². The number of aryl methyl sites for hydroxylation is 3. The predicted molar refractivity (Wildman–Crippen MR) is 89.6 cm³/mol. The van der Waals surface area contributed by atoms with Crippen molar-refractivity contribution in [2.75, 3.05) is 0 Å². The maximum atomic E-state index is 12.7. The molecule has 1 aromatic carbocycles. The number of nitrogens with one attached hydrogen (secondary N) is 1. The Kier molecular flexibility index (Phi) is 4.64. The molecule has 0 saturated carbocycles. The third-order valence-electron chi connectivity index (χ3n) is 3.82. The van der Waals surface area contributed by atoms with Gasteiger partial charge in [0.2, 0.25) is 10.0 Å².